The van der Waals surface area contributed by atoms with Crippen molar-refractivity contribution in [3.05, 3.63) is 59.7 Å². The van der Waals surface area contributed by atoms with Crippen LogP contribution in [0.2, 0.25) is 0 Å². The summed E-state index contributed by atoms with van der Waals surface area (Å²) in [4.78, 5) is 19.9. The fraction of sp³-hybridized carbons (Fsp3) is 0.755. The van der Waals surface area contributed by atoms with E-state index in [9.17, 15) is 4.79 Å². The molecule has 0 amide bonds. The molecule has 3 nitrogen and oxygen atoms in total. The third-order valence-electron chi connectivity index (χ3n) is 12.1. The van der Waals surface area contributed by atoms with E-state index in [1.54, 1.807) is 0 Å². The number of ketones is 1. The van der Waals surface area contributed by atoms with Crippen LogP contribution in [-0.2, 0) is 0 Å². The smallest absolute Gasteiger partial charge is 0.195 e. The van der Waals surface area contributed by atoms with Crippen LogP contribution in [0.5, 0.6) is 0 Å². The average Bonchev–Trinajstić information content (AvgIpc) is 3.23. The predicted molar refractivity (Wildman–Crippen MR) is 251 cm³/mol. The van der Waals surface area contributed by atoms with Gasteiger partial charge >= 0.3 is 0 Å². The zero-order valence-corrected chi connectivity index (χ0v) is 37.9. The Bertz CT molecular complexity index is 1120. The Morgan fingerprint density at radius 2 is 0.679 bits per heavy atom. The Morgan fingerprint density at radius 3 is 1.04 bits per heavy atom. The molecule has 0 aliphatic heterocycles. The Hall–Kier alpha value is -2.29. The minimum Gasteiger partial charge on any atom is -0.370 e. The number of carbonyl (C=O) groups is 1. The maximum absolute atomic E-state index is 14.5. The van der Waals surface area contributed by atoms with Crippen LogP contribution in [0.3, 0.4) is 0 Å². The normalized spacial score (nSPS) is 11.4. The predicted octanol–water partition coefficient (Wildman–Crippen LogP) is 17.1. The second-order valence-corrected chi connectivity index (χ2v) is 17.2. The number of unbranched alkanes of at least 4 members (excludes halogenated alkanes) is 28. The Labute approximate surface area is 349 Å². The number of carbonyl (C=O) groups excluding carboxylic acids is 1. The number of nitrogens with zero attached hydrogens (tertiary/aromatic N) is 2. The summed E-state index contributed by atoms with van der Waals surface area (Å²) in [6.07, 6.45) is 42.7. The van der Waals surface area contributed by atoms with E-state index in [1.807, 2.05) is 30.3 Å². The van der Waals surface area contributed by atoms with Crippen molar-refractivity contribution in [1.82, 2.24) is 0 Å². The largest absolute Gasteiger partial charge is 0.370 e. The molecule has 0 atom stereocenters. The van der Waals surface area contributed by atoms with Crippen LogP contribution < -0.4 is 9.80 Å². The van der Waals surface area contributed by atoms with Gasteiger partial charge < -0.3 is 9.80 Å². The first-order chi connectivity index (χ1) is 27.7. The van der Waals surface area contributed by atoms with Gasteiger partial charge in [-0.3, -0.25) is 4.79 Å². The quantitative estimate of drug-likeness (QED) is 0.0498. The molecule has 0 spiro atoms. The minimum atomic E-state index is 0.179. The zero-order valence-electron chi connectivity index (χ0n) is 37.9. The first-order valence-electron chi connectivity index (χ1n) is 24.9. The topological polar surface area (TPSA) is 23.6 Å². The summed E-state index contributed by atoms with van der Waals surface area (Å²) in [5.74, 6) is 0.179. The van der Waals surface area contributed by atoms with Crippen molar-refractivity contribution in [2.24, 2.45) is 0 Å². The van der Waals surface area contributed by atoms with Gasteiger partial charge in [-0.05, 0) is 37.8 Å². The lowest BCUT2D eigenvalue weighted by Gasteiger charge is -2.34. The van der Waals surface area contributed by atoms with Gasteiger partial charge in [0, 0.05) is 37.3 Å². The lowest BCUT2D eigenvalue weighted by molar-refractivity contribution is 0.103. The molecule has 2 aromatic rings. The number of hydrogen-bond donors (Lipinski definition) is 0. The van der Waals surface area contributed by atoms with E-state index >= 15 is 0 Å². The number of benzene rings is 2. The van der Waals surface area contributed by atoms with Gasteiger partial charge in [0.05, 0.1) is 11.4 Å². The Morgan fingerprint density at radius 1 is 0.357 bits per heavy atom. The summed E-state index contributed by atoms with van der Waals surface area (Å²) in [5, 5.41) is 0. The maximum atomic E-state index is 14.5. The van der Waals surface area contributed by atoms with E-state index in [-0.39, 0.29) is 5.78 Å². The van der Waals surface area contributed by atoms with E-state index in [1.165, 1.54) is 217 Å². The van der Waals surface area contributed by atoms with E-state index in [0.717, 1.165) is 37.3 Å². The van der Waals surface area contributed by atoms with Crippen LogP contribution in [0.4, 0.5) is 11.4 Å². The second kappa shape index (κ2) is 35.8. The molecule has 0 aliphatic rings. The van der Waals surface area contributed by atoms with Crippen LogP contribution in [0.25, 0.3) is 0 Å². The van der Waals surface area contributed by atoms with Crippen LogP contribution in [0, 0.1) is 0 Å². The van der Waals surface area contributed by atoms with Gasteiger partial charge in [-0.25, -0.2) is 0 Å². The highest BCUT2D eigenvalue weighted by atomic mass is 16.1. The Kier molecular flexibility index (Phi) is 31.9. The Balaban J connectivity index is 2.37. The standard InChI is InChI=1S/C53H92N2O/c1-5-9-13-17-21-25-29-36-45-54(46-37-30-26-22-18-14-10-6-2)51-44-40-43-50(53(56)49-41-34-33-35-42-49)52(51)55(47-38-31-27-23-19-15-11-7-3)48-39-32-28-24-20-16-12-8-4/h33-35,40-44H,5-32,36-39,45-48H2,1-4H3. The number of para-hydroxylation sites is 1. The first kappa shape index (κ1) is 49.9. The lowest BCUT2D eigenvalue weighted by Crippen LogP contribution is -2.33. The van der Waals surface area contributed by atoms with E-state index in [2.05, 4.69) is 55.7 Å². The molecule has 0 fully saturated rings. The minimum absolute atomic E-state index is 0.179. The average molecular weight is 773 g/mol. The second-order valence-electron chi connectivity index (χ2n) is 17.2. The molecular formula is C53H92N2O. The molecular weight excluding hydrogens is 681 g/mol. The van der Waals surface area contributed by atoms with Crippen molar-refractivity contribution in [2.45, 2.75) is 233 Å². The van der Waals surface area contributed by atoms with Crippen LogP contribution in [0.15, 0.2) is 48.5 Å². The monoisotopic (exact) mass is 773 g/mol. The van der Waals surface area contributed by atoms with E-state index < -0.39 is 0 Å². The fourth-order valence-corrected chi connectivity index (χ4v) is 8.48. The molecule has 56 heavy (non-hydrogen) atoms. The maximum Gasteiger partial charge on any atom is 0.195 e. The van der Waals surface area contributed by atoms with Crippen molar-refractivity contribution < 1.29 is 4.79 Å². The number of hydrogen-bond acceptors (Lipinski definition) is 3. The molecule has 0 heterocycles. The summed E-state index contributed by atoms with van der Waals surface area (Å²) in [6, 6.07) is 16.8. The van der Waals surface area contributed by atoms with Gasteiger partial charge in [-0.15, -0.1) is 0 Å². The third-order valence-corrected chi connectivity index (χ3v) is 12.1. The van der Waals surface area contributed by atoms with Crippen LogP contribution in [0.1, 0.15) is 249 Å². The van der Waals surface area contributed by atoms with E-state index in [0.29, 0.717) is 0 Å². The summed E-state index contributed by atoms with van der Waals surface area (Å²) in [6.45, 7) is 13.5. The molecule has 0 radical (unpaired) electrons. The van der Waals surface area contributed by atoms with Crippen molar-refractivity contribution in [3.63, 3.8) is 0 Å². The van der Waals surface area contributed by atoms with E-state index in [4.69, 9.17) is 0 Å². The molecule has 0 unspecified atom stereocenters. The molecule has 0 N–H and O–H groups in total. The SMILES string of the molecule is CCCCCCCCCCN(CCCCCCCCCC)c1cccc(C(=O)c2ccccc2)c1N(CCCCCCCCCC)CCCCCCCCCC. The van der Waals surface area contributed by atoms with Gasteiger partial charge in [-0.2, -0.15) is 0 Å². The first-order valence-corrected chi connectivity index (χ1v) is 24.9. The summed E-state index contributed by atoms with van der Waals surface area (Å²) >= 11 is 0. The zero-order chi connectivity index (χ0) is 40.2. The molecule has 0 saturated carbocycles. The van der Waals surface area contributed by atoms with Gasteiger partial charge in [-0.1, -0.05) is 244 Å². The molecule has 0 saturated heterocycles. The van der Waals surface area contributed by atoms with Gasteiger partial charge in [0.15, 0.2) is 5.78 Å². The van der Waals surface area contributed by atoms with Gasteiger partial charge in [0.1, 0.15) is 0 Å². The van der Waals surface area contributed by atoms with Crippen molar-refractivity contribution >= 4 is 17.2 Å². The summed E-state index contributed by atoms with van der Waals surface area (Å²) < 4.78 is 0. The third kappa shape index (κ3) is 23.2. The number of rotatable bonds is 40. The van der Waals surface area contributed by atoms with Crippen LogP contribution in [-0.4, -0.2) is 32.0 Å². The molecule has 0 aliphatic carbocycles. The summed E-state index contributed by atoms with van der Waals surface area (Å²) in [5.41, 5.74) is 4.26. The van der Waals surface area contributed by atoms with Gasteiger partial charge in [0.25, 0.3) is 0 Å². The highest BCUT2D eigenvalue weighted by Gasteiger charge is 2.24. The van der Waals surface area contributed by atoms with Crippen molar-refractivity contribution in [2.75, 3.05) is 36.0 Å². The summed E-state index contributed by atoms with van der Waals surface area (Å²) in [7, 11) is 0. The molecule has 0 aromatic heterocycles. The van der Waals surface area contributed by atoms with Crippen LogP contribution >= 0.6 is 0 Å². The lowest BCUT2D eigenvalue weighted by atomic mass is 9.98. The molecule has 320 valence electrons. The molecule has 2 aromatic carbocycles. The molecule has 0 bridgehead atoms. The highest BCUT2D eigenvalue weighted by molar-refractivity contribution is 6.14. The van der Waals surface area contributed by atoms with Crippen molar-refractivity contribution in [1.29, 1.82) is 0 Å². The molecule has 2 rings (SSSR count). The number of anilines is 2. The molecule has 3 heteroatoms. The van der Waals surface area contributed by atoms with Crippen molar-refractivity contribution in [3.8, 4) is 0 Å². The fourth-order valence-electron chi connectivity index (χ4n) is 8.48. The van der Waals surface area contributed by atoms with Gasteiger partial charge in [0.2, 0.25) is 0 Å². The highest BCUT2D eigenvalue weighted by Crippen LogP contribution is 2.36.